The minimum Gasteiger partial charge on any atom is -0.491 e. The van der Waals surface area contributed by atoms with E-state index >= 15 is 0 Å². The summed E-state index contributed by atoms with van der Waals surface area (Å²) in [5, 5.41) is 16.6. The lowest BCUT2D eigenvalue weighted by molar-refractivity contribution is -0.143. The van der Waals surface area contributed by atoms with Crippen molar-refractivity contribution < 1.29 is 19.4 Å². The summed E-state index contributed by atoms with van der Waals surface area (Å²) in [6.45, 7) is 9.65. The lowest BCUT2D eigenvalue weighted by Crippen LogP contribution is -2.38. The van der Waals surface area contributed by atoms with E-state index in [1.54, 1.807) is 6.92 Å². The molecule has 1 aromatic carbocycles. The van der Waals surface area contributed by atoms with Gasteiger partial charge in [-0.15, -0.1) is 24.0 Å². The van der Waals surface area contributed by atoms with Crippen molar-refractivity contribution in [1.29, 1.82) is 0 Å². The Balaban J connectivity index is 0.00000729. The predicted octanol–water partition coefficient (Wildman–Crippen LogP) is 3.02. The highest BCUT2D eigenvalue weighted by molar-refractivity contribution is 14.0. The van der Waals surface area contributed by atoms with Gasteiger partial charge in [-0.05, 0) is 51.8 Å². The number of halogens is 1. The van der Waals surface area contributed by atoms with Gasteiger partial charge in [0.15, 0.2) is 5.96 Å². The Morgan fingerprint density at radius 3 is 2.43 bits per heavy atom. The Labute approximate surface area is 185 Å². The van der Waals surface area contributed by atoms with E-state index in [4.69, 9.17) is 9.47 Å². The summed E-state index contributed by atoms with van der Waals surface area (Å²) in [6, 6.07) is 7.39. The number of aliphatic hydroxyl groups excluding tert-OH is 1. The number of carbonyl (C=O) groups is 1. The first kappa shape index (κ1) is 26.4. The average molecular weight is 507 g/mol. The number of esters is 1. The third-order valence-electron chi connectivity index (χ3n) is 3.56. The normalized spacial score (nSPS) is 12.1. The molecule has 0 aliphatic rings. The van der Waals surface area contributed by atoms with E-state index in [0.717, 1.165) is 11.3 Å². The van der Waals surface area contributed by atoms with Crippen LogP contribution in [0.5, 0.6) is 5.75 Å². The Bertz CT molecular complexity index is 579. The molecule has 0 radical (unpaired) electrons. The molecule has 1 unspecified atom stereocenters. The predicted molar refractivity (Wildman–Crippen MR) is 122 cm³/mol. The Kier molecular flexibility index (Phi) is 14.5. The van der Waals surface area contributed by atoms with Crippen molar-refractivity contribution in [2.75, 3.05) is 26.2 Å². The van der Waals surface area contributed by atoms with Crippen molar-refractivity contribution in [3.05, 3.63) is 29.8 Å². The van der Waals surface area contributed by atoms with Gasteiger partial charge in [0.05, 0.1) is 25.4 Å². The van der Waals surface area contributed by atoms with Gasteiger partial charge in [0.25, 0.3) is 0 Å². The Hall–Kier alpha value is -1.55. The standard InChI is InChI=1S/C20H33N3O4.HI/c1-5-21-20(22-13-7-8-19(25)26-6-2)23-14-18(24)16-9-11-17(12-10-16)27-15(3)4;/h9-12,15,18,24H,5-8,13-14H2,1-4H3,(H2,21,22,23);1H. The molecule has 0 fully saturated rings. The van der Waals surface area contributed by atoms with Crippen LogP contribution in [0.1, 0.15) is 52.2 Å². The number of aliphatic imine (C=N–C) groups is 1. The molecule has 0 heterocycles. The number of guanidine groups is 1. The van der Waals surface area contributed by atoms with E-state index in [1.165, 1.54) is 0 Å². The number of hydrogen-bond donors (Lipinski definition) is 3. The molecule has 0 bridgehead atoms. The van der Waals surface area contributed by atoms with E-state index < -0.39 is 6.10 Å². The second-order valence-electron chi connectivity index (χ2n) is 6.31. The van der Waals surface area contributed by atoms with Crippen molar-refractivity contribution in [3.63, 3.8) is 0 Å². The van der Waals surface area contributed by atoms with Crippen LogP contribution in [0.4, 0.5) is 0 Å². The molecule has 0 aliphatic heterocycles. The third-order valence-corrected chi connectivity index (χ3v) is 3.56. The monoisotopic (exact) mass is 507 g/mol. The average Bonchev–Trinajstić information content (AvgIpc) is 2.63. The summed E-state index contributed by atoms with van der Waals surface area (Å²) in [5.41, 5.74) is 0.785. The van der Waals surface area contributed by atoms with Gasteiger partial charge in [-0.2, -0.15) is 0 Å². The Morgan fingerprint density at radius 1 is 1.18 bits per heavy atom. The molecule has 0 aliphatic carbocycles. The van der Waals surface area contributed by atoms with Crippen molar-refractivity contribution in [2.45, 2.75) is 52.7 Å². The van der Waals surface area contributed by atoms with Crippen LogP contribution >= 0.6 is 24.0 Å². The molecule has 28 heavy (non-hydrogen) atoms. The number of nitrogens with zero attached hydrogens (tertiary/aromatic N) is 1. The highest BCUT2D eigenvalue weighted by Crippen LogP contribution is 2.19. The van der Waals surface area contributed by atoms with Gasteiger partial charge in [0.1, 0.15) is 5.75 Å². The van der Waals surface area contributed by atoms with Crippen LogP contribution in [-0.4, -0.2) is 49.4 Å². The summed E-state index contributed by atoms with van der Waals surface area (Å²) in [5.74, 6) is 1.20. The SMILES string of the molecule is CCNC(=NCC(O)c1ccc(OC(C)C)cc1)NCCCC(=O)OCC.I. The van der Waals surface area contributed by atoms with Crippen LogP contribution in [0, 0.1) is 0 Å². The molecule has 0 amide bonds. The van der Waals surface area contributed by atoms with Gasteiger partial charge in [0, 0.05) is 19.5 Å². The first-order valence-corrected chi connectivity index (χ1v) is 9.58. The summed E-state index contributed by atoms with van der Waals surface area (Å²) in [7, 11) is 0. The maximum atomic E-state index is 11.3. The van der Waals surface area contributed by atoms with E-state index in [0.29, 0.717) is 38.5 Å². The van der Waals surface area contributed by atoms with E-state index in [-0.39, 0.29) is 42.6 Å². The highest BCUT2D eigenvalue weighted by Gasteiger charge is 2.09. The zero-order valence-electron chi connectivity index (χ0n) is 17.2. The van der Waals surface area contributed by atoms with E-state index in [1.807, 2.05) is 45.0 Å². The number of rotatable bonds is 11. The summed E-state index contributed by atoms with van der Waals surface area (Å²) >= 11 is 0. The number of carbonyl (C=O) groups excluding carboxylic acids is 1. The van der Waals surface area contributed by atoms with Gasteiger partial charge in [-0.3, -0.25) is 9.79 Å². The van der Waals surface area contributed by atoms with Crippen LogP contribution in [0.3, 0.4) is 0 Å². The zero-order chi connectivity index (χ0) is 20.1. The van der Waals surface area contributed by atoms with Crippen LogP contribution in [0.15, 0.2) is 29.3 Å². The molecule has 7 nitrogen and oxygen atoms in total. The lowest BCUT2D eigenvalue weighted by atomic mass is 10.1. The number of benzene rings is 1. The van der Waals surface area contributed by atoms with Crippen molar-refractivity contribution in [3.8, 4) is 5.75 Å². The first-order chi connectivity index (χ1) is 13.0. The minimum atomic E-state index is -0.701. The fourth-order valence-electron chi connectivity index (χ4n) is 2.34. The molecule has 160 valence electrons. The first-order valence-electron chi connectivity index (χ1n) is 9.58. The molecule has 1 atom stereocenters. The molecular formula is C20H34IN3O4. The number of nitrogens with one attached hydrogen (secondary N) is 2. The third kappa shape index (κ3) is 11.3. The number of ether oxygens (including phenoxy) is 2. The molecule has 3 N–H and O–H groups in total. The van der Waals surface area contributed by atoms with E-state index in [9.17, 15) is 9.90 Å². The summed E-state index contributed by atoms with van der Waals surface area (Å²) in [4.78, 5) is 15.7. The van der Waals surface area contributed by atoms with E-state index in [2.05, 4.69) is 15.6 Å². The van der Waals surface area contributed by atoms with Gasteiger partial charge < -0.3 is 25.2 Å². The van der Waals surface area contributed by atoms with Gasteiger partial charge in [-0.1, -0.05) is 12.1 Å². The topological polar surface area (TPSA) is 92.2 Å². The minimum absolute atomic E-state index is 0. The van der Waals surface area contributed by atoms with Crippen LogP contribution in [-0.2, 0) is 9.53 Å². The maximum absolute atomic E-state index is 11.3. The highest BCUT2D eigenvalue weighted by atomic mass is 127. The van der Waals surface area contributed by atoms with Crippen LogP contribution < -0.4 is 15.4 Å². The molecule has 0 saturated carbocycles. The van der Waals surface area contributed by atoms with Crippen molar-refractivity contribution >= 4 is 35.9 Å². The summed E-state index contributed by atoms with van der Waals surface area (Å²) in [6.07, 6.45) is 0.438. The van der Waals surface area contributed by atoms with Crippen molar-refractivity contribution in [1.82, 2.24) is 10.6 Å². The zero-order valence-corrected chi connectivity index (χ0v) is 19.6. The van der Waals surface area contributed by atoms with Gasteiger partial charge in [-0.25, -0.2) is 0 Å². The lowest BCUT2D eigenvalue weighted by Gasteiger charge is -2.14. The number of hydrogen-bond acceptors (Lipinski definition) is 5. The van der Waals surface area contributed by atoms with Gasteiger partial charge >= 0.3 is 5.97 Å². The largest absolute Gasteiger partial charge is 0.491 e. The molecule has 0 spiro atoms. The fourth-order valence-corrected chi connectivity index (χ4v) is 2.34. The smallest absolute Gasteiger partial charge is 0.305 e. The van der Waals surface area contributed by atoms with Crippen LogP contribution in [0.2, 0.25) is 0 Å². The molecular weight excluding hydrogens is 473 g/mol. The molecule has 8 heteroatoms. The molecule has 1 aromatic rings. The van der Waals surface area contributed by atoms with Crippen LogP contribution in [0.25, 0.3) is 0 Å². The number of aliphatic hydroxyl groups is 1. The maximum Gasteiger partial charge on any atom is 0.305 e. The van der Waals surface area contributed by atoms with Crippen molar-refractivity contribution in [2.24, 2.45) is 4.99 Å². The quantitative estimate of drug-likeness (QED) is 0.140. The van der Waals surface area contributed by atoms with Gasteiger partial charge in [0.2, 0.25) is 0 Å². The second kappa shape index (κ2) is 15.4. The molecule has 0 saturated heterocycles. The fraction of sp³-hybridized carbons (Fsp3) is 0.600. The molecule has 1 rings (SSSR count). The summed E-state index contributed by atoms with van der Waals surface area (Å²) < 4.78 is 10.5. The second-order valence-corrected chi connectivity index (χ2v) is 6.31. The molecule has 0 aromatic heterocycles. The Morgan fingerprint density at radius 2 is 1.86 bits per heavy atom.